The zero-order chi connectivity index (χ0) is 20.8. The molecule has 13 heteroatoms. The molecule has 0 amide bonds. The summed E-state index contributed by atoms with van der Waals surface area (Å²) in [6.07, 6.45) is -6.72. The van der Waals surface area contributed by atoms with Crippen molar-refractivity contribution in [3.8, 4) is 0 Å². The van der Waals surface area contributed by atoms with E-state index < -0.39 is 59.8 Å². The van der Waals surface area contributed by atoms with Crippen molar-refractivity contribution in [1.29, 1.82) is 0 Å². The van der Waals surface area contributed by atoms with E-state index in [4.69, 9.17) is 4.55 Å². The number of alkyl halides is 3. The minimum atomic E-state index is -5.22. The summed E-state index contributed by atoms with van der Waals surface area (Å²) in [4.78, 5) is 20.9. The lowest BCUT2D eigenvalue weighted by molar-refractivity contribution is -0.170. The first-order valence-corrected chi connectivity index (χ1v) is 9.65. The molecule has 0 aromatic heterocycles. The largest absolute Gasteiger partial charge is 0.450 e. The number of carbonyl (C=O) groups is 2. The highest BCUT2D eigenvalue weighted by atomic mass is 32.2. The molecule has 0 spiro atoms. The molecular formula is C14H9F3O8S2. The molecule has 8 nitrogen and oxygen atoms in total. The molecule has 0 heterocycles. The molecule has 146 valence electrons. The van der Waals surface area contributed by atoms with Gasteiger partial charge in [-0.05, 0) is 23.6 Å². The van der Waals surface area contributed by atoms with E-state index in [0.717, 1.165) is 24.3 Å². The molecule has 2 N–H and O–H groups in total. The number of hydrogen-bond acceptors (Lipinski definition) is 6. The summed E-state index contributed by atoms with van der Waals surface area (Å²) in [6.45, 7) is 0. The Hall–Kier alpha value is -2.35. The van der Waals surface area contributed by atoms with Gasteiger partial charge in [0.15, 0.2) is 5.78 Å². The summed E-state index contributed by atoms with van der Waals surface area (Å²) < 4.78 is 101. The van der Waals surface area contributed by atoms with Gasteiger partial charge in [0.2, 0.25) is 5.78 Å². The zero-order valence-electron chi connectivity index (χ0n) is 12.9. The molecule has 0 aliphatic carbocycles. The van der Waals surface area contributed by atoms with Crippen LogP contribution < -0.4 is 0 Å². The Bertz CT molecular complexity index is 1160. The molecule has 0 saturated heterocycles. The first-order chi connectivity index (χ1) is 12.1. The molecule has 0 radical (unpaired) electrons. The fraction of sp³-hybridized carbons (Fsp3) is 0.143. The molecule has 2 rings (SSSR count). The normalized spacial score (nSPS) is 12.9. The highest BCUT2D eigenvalue weighted by Gasteiger charge is 2.39. The lowest BCUT2D eigenvalue weighted by atomic mass is 10.0. The number of Topliss-reactive ketones (excluding diaryl/α,β-unsaturated/α-hetero) is 2. The molecule has 0 atom stereocenters. The van der Waals surface area contributed by atoms with Gasteiger partial charge >= 0.3 is 6.18 Å². The fourth-order valence-electron chi connectivity index (χ4n) is 2.19. The number of carbonyl (C=O) groups excluding carboxylic acids is 2. The Kier molecular flexibility index (Phi) is 5.18. The number of ketones is 2. The second kappa shape index (κ2) is 6.67. The molecule has 0 aliphatic rings. The van der Waals surface area contributed by atoms with Gasteiger partial charge in [0.25, 0.3) is 20.2 Å². The van der Waals surface area contributed by atoms with Crippen LogP contribution in [0.2, 0.25) is 0 Å². The van der Waals surface area contributed by atoms with Crippen LogP contribution in [-0.4, -0.2) is 43.7 Å². The summed E-state index contributed by atoms with van der Waals surface area (Å²) in [7, 11) is -9.86. The molecule has 0 aliphatic heterocycles. The highest BCUT2D eigenvalue weighted by Crippen LogP contribution is 2.29. The van der Waals surface area contributed by atoms with Crippen LogP contribution in [0.25, 0.3) is 10.8 Å². The van der Waals surface area contributed by atoms with Crippen LogP contribution in [0.15, 0.2) is 40.1 Å². The summed E-state index contributed by atoms with van der Waals surface area (Å²) in [5, 5.41) is -0.549. The Morgan fingerprint density at radius 1 is 0.926 bits per heavy atom. The molecule has 0 fully saturated rings. The summed E-state index contributed by atoms with van der Waals surface area (Å²) in [6, 6.07) is 3.92. The first-order valence-electron chi connectivity index (χ1n) is 6.77. The van der Waals surface area contributed by atoms with Crippen molar-refractivity contribution in [3.63, 3.8) is 0 Å². The van der Waals surface area contributed by atoms with E-state index in [1.54, 1.807) is 0 Å². The summed E-state index contributed by atoms with van der Waals surface area (Å²) >= 11 is 0. The maximum Gasteiger partial charge on any atom is 0.450 e. The van der Waals surface area contributed by atoms with Gasteiger partial charge in [-0.25, -0.2) is 0 Å². The molecule has 0 bridgehead atoms. The predicted octanol–water partition coefficient (Wildman–Crippen LogP) is 2.04. The fourth-order valence-corrected chi connectivity index (χ4v) is 3.55. The summed E-state index contributed by atoms with van der Waals surface area (Å²) in [5.41, 5.74) is -0.436. The number of halogens is 3. The third kappa shape index (κ3) is 4.68. The van der Waals surface area contributed by atoms with E-state index in [9.17, 15) is 44.1 Å². The molecule has 27 heavy (non-hydrogen) atoms. The first kappa shape index (κ1) is 21.0. The zero-order valence-corrected chi connectivity index (χ0v) is 14.5. The Balaban J connectivity index is 2.65. The van der Waals surface area contributed by atoms with Gasteiger partial charge < -0.3 is 0 Å². The van der Waals surface area contributed by atoms with Crippen molar-refractivity contribution >= 4 is 42.6 Å². The molecule has 2 aromatic carbocycles. The van der Waals surface area contributed by atoms with Crippen LogP contribution in [-0.2, 0) is 25.0 Å². The van der Waals surface area contributed by atoms with Gasteiger partial charge in [-0.15, -0.1) is 0 Å². The van der Waals surface area contributed by atoms with E-state index in [1.807, 2.05) is 0 Å². The average Bonchev–Trinajstić information content (AvgIpc) is 2.50. The molecular weight excluding hydrogens is 417 g/mol. The van der Waals surface area contributed by atoms with Crippen LogP contribution in [0.4, 0.5) is 13.2 Å². The SMILES string of the molecule is O=C(CC(=O)C(F)(F)F)c1ccc2c(S(=O)(=O)O)cc(S(=O)(=O)O)cc2c1. The monoisotopic (exact) mass is 426 g/mol. The second-order valence-corrected chi connectivity index (χ2v) is 8.14. The number of hydrogen-bond donors (Lipinski definition) is 2. The van der Waals surface area contributed by atoms with Gasteiger partial charge in [0.1, 0.15) is 4.90 Å². The van der Waals surface area contributed by atoms with Crippen LogP contribution >= 0.6 is 0 Å². The van der Waals surface area contributed by atoms with Crippen LogP contribution in [0, 0.1) is 0 Å². The van der Waals surface area contributed by atoms with E-state index in [2.05, 4.69) is 0 Å². The minimum Gasteiger partial charge on any atom is -0.294 e. The van der Waals surface area contributed by atoms with Gasteiger partial charge in [-0.3, -0.25) is 18.7 Å². The smallest absolute Gasteiger partial charge is 0.294 e. The van der Waals surface area contributed by atoms with Crippen LogP contribution in [0.1, 0.15) is 16.8 Å². The van der Waals surface area contributed by atoms with Crippen molar-refractivity contribution in [2.24, 2.45) is 0 Å². The Morgan fingerprint density at radius 3 is 2.00 bits per heavy atom. The van der Waals surface area contributed by atoms with Crippen LogP contribution in [0.5, 0.6) is 0 Å². The number of fused-ring (bicyclic) bond motifs is 1. The van der Waals surface area contributed by atoms with Crippen molar-refractivity contribution in [2.45, 2.75) is 22.4 Å². The Morgan fingerprint density at radius 2 is 1.52 bits per heavy atom. The van der Waals surface area contributed by atoms with Crippen molar-refractivity contribution < 1.29 is 48.7 Å². The number of benzene rings is 2. The van der Waals surface area contributed by atoms with Crippen molar-refractivity contribution in [3.05, 3.63) is 35.9 Å². The maximum atomic E-state index is 12.3. The summed E-state index contributed by atoms with van der Waals surface area (Å²) in [5.74, 6) is -3.54. The van der Waals surface area contributed by atoms with E-state index in [1.165, 1.54) is 0 Å². The Labute approximate surface area is 150 Å². The lowest BCUT2D eigenvalue weighted by Gasteiger charge is -2.09. The molecule has 0 saturated carbocycles. The van der Waals surface area contributed by atoms with Gasteiger partial charge in [-0.2, -0.15) is 30.0 Å². The van der Waals surface area contributed by atoms with Crippen molar-refractivity contribution in [1.82, 2.24) is 0 Å². The second-order valence-electron chi connectivity index (χ2n) is 5.33. The van der Waals surface area contributed by atoms with Crippen LogP contribution in [0.3, 0.4) is 0 Å². The van der Waals surface area contributed by atoms with E-state index in [0.29, 0.717) is 6.07 Å². The average molecular weight is 426 g/mol. The van der Waals surface area contributed by atoms with Crippen molar-refractivity contribution in [2.75, 3.05) is 0 Å². The third-order valence-corrected chi connectivity index (χ3v) is 5.15. The van der Waals surface area contributed by atoms with E-state index >= 15 is 0 Å². The third-order valence-electron chi connectivity index (χ3n) is 3.42. The lowest BCUT2D eigenvalue weighted by Crippen LogP contribution is -2.25. The number of rotatable bonds is 5. The topological polar surface area (TPSA) is 143 Å². The standard InChI is InChI=1S/C14H9F3O8S2/c15-14(16,17)13(19)6-11(18)7-1-2-10-8(3-7)4-9(26(20,21)22)5-12(10)27(23,24)25/h1-5H,6H2,(H,20,21,22)(H,23,24,25). The van der Waals surface area contributed by atoms with Gasteiger partial charge in [0.05, 0.1) is 11.3 Å². The van der Waals surface area contributed by atoms with Gasteiger partial charge in [-0.1, -0.05) is 12.1 Å². The highest BCUT2D eigenvalue weighted by molar-refractivity contribution is 7.86. The van der Waals surface area contributed by atoms with Gasteiger partial charge in [0, 0.05) is 10.9 Å². The molecule has 0 unspecified atom stereocenters. The minimum absolute atomic E-state index is 0.261. The van der Waals surface area contributed by atoms with E-state index in [-0.39, 0.29) is 10.8 Å². The molecule has 2 aromatic rings. The quantitative estimate of drug-likeness (QED) is 0.420. The predicted molar refractivity (Wildman–Crippen MR) is 83.6 cm³/mol. The maximum absolute atomic E-state index is 12.3.